The van der Waals surface area contributed by atoms with Gasteiger partial charge in [-0.25, -0.2) is 0 Å². The zero-order valence-electron chi connectivity index (χ0n) is 13.5. The van der Waals surface area contributed by atoms with Gasteiger partial charge in [-0.2, -0.15) is 0 Å². The Kier molecular flexibility index (Phi) is 4.54. The first-order valence-electron chi connectivity index (χ1n) is 8.68. The summed E-state index contributed by atoms with van der Waals surface area (Å²) in [5.41, 5.74) is 1.85. The van der Waals surface area contributed by atoms with Gasteiger partial charge < -0.3 is 10.1 Å². The highest BCUT2D eigenvalue weighted by atomic mass is 16.5. The smallest absolute Gasteiger partial charge is 0.119 e. The van der Waals surface area contributed by atoms with E-state index in [1.807, 2.05) is 6.92 Å². The Bertz CT molecular complexity index is 441. The van der Waals surface area contributed by atoms with Crippen LogP contribution in [0.1, 0.15) is 57.9 Å². The molecule has 21 heavy (non-hydrogen) atoms. The highest BCUT2D eigenvalue weighted by molar-refractivity contribution is 5.33. The van der Waals surface area contributed by atoms with E-state index in [4.69, 9.17) is 4.74 Å². The number of nitrogens with one attached hydrogen (secondary N) is 1. The summed E-state index contributed by atoms with van der Waals surface area (Å²) in [6.07, 6.45) is 8.11. The fourth-order valence-electron chi connectivity index (χ4n) is 3.58. The molecule has 0 aromatic heterocycles. The second kappa shape index (κ2) is 6.39. The molecule has 0 spiro atoms. The number of hydrogen-bond acceptors (Lipinski definition) is 2. The Labute approximate surface area is 129 Å². The lowest BCUT2D eigenvalue weighted by Gasteiger charge is -2.40. The van der Waals surface area contributed by atoms with Gasteiger partial charge in [-0.3, -0.25) is 0 Å². The minimum atomic E-state index is 0.347. The Balaban J connectivity index is 1.76. The van der Waals surface area contributed by atoms with Gasteiger partial charge in [0.05, 0.1) is 6.61 Å². The van der Waals surface area contributed by atoms with E-state index in [9.17, 15) is 0 Å². The zero-order chi connectivity index (χ0) is 14.7. The minimum absolute atomic E-state index is 0.347. The summed E-state index contributed by atoms with van der Waals surface area (Å²) < 4.78 is 5.59. The topological polar surface area (TPSA) is 21.3 Å². The molecule has 2 heteroatoms. The van der Waals surface area contributed by atoms with Crippen LogP contribution in [0.5, 0.6) is 5.75 Å². The van der Waals surface area contributed by atoms with Crippen LogP contribution in [0.3, 0.4) is 0 Å². The van der Waals surface area contributed by atoms with E-state index in [-0.39, 0.29) is 0 Å². The molecule has 2 saturated carbocycles. The largest absolute Gasteiger partial charge is 0.494 e. The Morgan fingerprint density at radius 2 is 1.76 bits per heavy atom. The molecule has 1 aromatic carbocycles. The van der Waals surface area contributed by atoms with E-state index in [1.165, 1.54) is 44.1 Å². The zero-order valence-corrected chi connectivity index (χ0v) is 13.5. The summed E-state index contributed by atoms with van der Waals surface area (Å²) in [5.74, 6) is 1.89. The summed E-state index contributed by atoms with van der Waals surface area (Å²) in [4.78, 5) is 0. The van der Waals surface area contributed by atoms with Crippen molar-refractivity contribution in [1.29, 1.82) is 0 Å². The maximum atomic E-state index is 5.59. The van der Waals surface area contributed by atoms with Gasteiger partial charge in [-0.05, 0) is 69.1 Å². The fourth-order valence-corrected chi connectivity index (χ4v) is 3.58. The molecule has 1 N–H and O–H groups in total. The molecule has 3 rings (SSSR count). The van der Waals surface area contributed by atoms with E-state index in [0.717, 1.165) is 30.9 Å². The van der Waals surface area contributed by atoms with Crippen molar-refractivity contribution < 1.29 is 4.74 Å². The van der Waals surface area contributed by atoms with Crippen molar-refractivity contribution in [3.8, 4) is 5.75 Å². The second-order valence-electron chi connectivity index (χ2n) is 7.08. The van der Waals surface area contributed by atoms with Crippen LogP contribution in [0.25, 0.3) is 0 Å². The van der Waals surface area contributed by atoms with E-state index in [0.29, 0.717) is 5.41 Å². The molecule has 0 saturated heterocycles. The second-order valence-corrected chi connectivity index (χ2v) is 7.08. The number of ether oxygens (including phenoxy) is 1. The third-order valence-corrected chi connectivity index (χ3v) is 5.32. The Hall–Kier alpha value is -1.02. The van der Waals surface area contributed by atoms with Crippen molar-refractivity contribution in [2.75, 3.05) is 13.2 Å². The van der Waals surface area contributed by atoms with Crippen LogP contribution in [0.15, 0.2) is 24.3 Å². The van der Waals surface area contributed by atoms with E-state index in [1.54, 1.807) is 0 Å². The maximum absolute atomic E-state index is 5.59. The third-order valence-electron chi connectivity index (χ3n) is 5.32. The van der Waals surface area contributed by atoms with Crippen molar-refractivity contribution in [2.45, 2.75) is 63.8 Å². The van der Waals surface area contributed by atoms with E-state index in [2.05, 4.69) is 36.5 Å². The first kappa shape index (κ1) is 14.9. The number of benzene rings is 1. The Morgan fingerprint density at radius 1 is 1.10 bits per heavy atom. The molecule has 0 aliphatic heterocycles. The highest BCUT2D eigenvalue weighted by Gasteiger charge is 2.37. The van der Waals surface area contributed by atoms with E-state index >= 15 is 0 Å². The summed E-state index contributed by atoms with van der Waals surface area (Å²) in [5, 5.41) is 3.79. The molecule has 2 nitrogen and oxygen atoms in total. The normalized spacial score (nSPS) is 29.3. The molecule has 2 fully saturated rings. The molecule has 0 unspecified atom stereocenters. The van der Waals surface area contributed by atoms with Gasteiger partial charge in [0, 0.05) is 18.0 Å². The summed E-state index contributed by atoms with van der Waals surface area (Å²) in [6.45, 7) is 6.33. The van der Waals surface area contributed by atoms with E-state index < -0.39 is 0 Å². The summed E-state index contributed by atoms with van der Waals surface area (Å²) >= 11 is 0. The molecular formula is C19H29NO. The van der Waals surface area contributed by atoms with Crippen LogP contribution in [-0.4, -0.2) is 19.2 Å². The standard InChI is InChI=1S/C19H29NO/c1-3-21-18-8-4-16(5-9-18)19(14-20-17-6-7-17)12-10-15(2)11-13-19/h4-5,8-9,15,17,20H,3,6-7,10-14H2,1-2H3. The molecule has 0 radical (unpaired) electrons. The summed E-state index contributed by atoms with van der Waals surface area (Å²) in [6, 6.07) is 9.69. The average Bonchev–Trinajstić information content (AvgIpc) is 3.33. The molecule has 0 atom stereocenters. The average molecular weight is 287 g/mol. The van der Waals surface area contributed by atoms with Gasteiger partial charge in [0.1, 0.15) is 5.75 Å². The van der Waals surface area contributed by atoms with Crippen LogP contribution >= 0.6 is 0 Å². The molecule has 2 aliphatic rings. The lowest BCUT2D eigenvalue weighted by molar-refractivity contribution is 0.233. The van der Waals surface area contributed by atoms with Crippen molar-refractivity contribution in [1.82, 2.24) is 5.32 Å². The molecular weight excluding hydrogens is 258 g/mol. The predicted octanol–water partition coefficient (Wildman–Crippen LogP) is 4.29. The maximum Gasteiger partial charge on any atom is 0.119 e. The monoisotopic (exact) mass is 287 g/mol. The predicted molar refractivity (Wildman–Crippen MR) is 87.9 cm³/mol. The molecule has 0 bridgehead atoms. The molecule has 0 heterocycles. The first-order valence-corrected chi connectivity index (χ1v) is 8.68. The van der Waals surface area contributed by atoms with Crippen molar-refractivity contribution in [3.63, 3.8) is 0 Å². The van der Waals surface area contributed by atoms with Crippen molar-refractivity contribution >= 4 is 0 Å². The molecule has 116 valence electrons. The van der Waals surface area contributed by atoms with Gasteiger partial charge in [-0.15, -0.1) is 0 Å². The van der Waals surface area contributed by atoms with Crippen LogP contribution in [0.4, 0.5) is 0 Å². The lowest BCUT2D eigenvalue weighted by Crippen LogP contribution is -2.41. The van der Waals surface area contributed by atoms with Crippen molar-refractivity contribution in [2.24, 2.45) is 5.92 Å². The van der Waals surface area contributed by atoms with Gasteiger partial charge in [-0.1, -0.05) is 19.1 Å². The fraction of sp³-hybridized carbons (Fsp3) is 0.684. The van der Waals surface area contributed by atoms with Crippen LogP contribution in [0, 0.1) is 5.92 Å². The van der Waals surface area contributed by atoms with Crippen LogP contribution < -0.4 is 10.1 Å². The Morgan fingerprint density at radius 3 is 2.33 bits per heavy atom. The quantitative estimate of drug-likeness (QED) is 0.843. The molecule has 0 amide bonds. The van der Waals surface area contributed by atoms with Crippen LogP contribution in [0.2, 0.25) is 0 Å². The van der Waals surface area contributed by atoms with Crippen LogP contribution in [-0.2, 0) is 5.41 Å². The van der Waals surface area contributed by atoms with Gasteiger partial charge in [0.15, 0.2) is 0 Å². The highest BCUT2D eigenvalue weighted by Crippen LogP contribution is 2.42. The first-order chi connectivity index (χ1) is 10.2. The van der Waals surface area contributed by atoms with Gasteiger partial charge in [0.25, 0.3) is 0 Å². The SMILES string of the molecule is CCOc1ccc(C2(CNC3CC3)CCC(C)CC2)cc1. The number of hydrogen-bond donors (Lipinski definition) is 1. The van der Waals surface area contributed by atoms with Gasteiger partial charge in [0.2, 0.25) is 0 Å². The number of rotatable bonds is 6. The third kappa shape index (κ3) is 3.60. The summed E-state index contributed by atoms with van der Waals surface area (Å²) in [7, 11) is 0. The molecule has 1 aromatic rings. The van der Waals surface area contributed by atoms with Gasteiger partial charge >= 0.3 is 0 Å². The molecule has 2 aliphatic carbocycles. The lowest BCUT2D eigenvalue weighted by atomic mass is 9.67. The van der Waals surface area contributed by atoms with Crippen molar-refractivity contribution in [3.05, 3.63) is 29.8 Å². The minimum Gasteiger partial charge on any atom is -0.494 e.